The second-order valence-corrected chi connectivity index (χ2v) is 10.1. The molecule has 0 atom stereocenters. The molecule has 0 aromatic heterocycles. The molecule has 1 aliphatic heterocycles. The lowest BCUT2D eigenvalue weighted by Gasteiger charge is -2.36. The summed E-state index contributed by atoms with van der Waals surface area (Å²) in [5.74, 6) is 0.748. The molecule has 1 heterocycles. The minimum atomic E-state index is -3.70. The number of methoxy groups -OCH3 is 1. The van der Waals surface area contributed by atoms with E-state index >= 15 is 0 Å². The van der Waals surface area contributed by atoms with Gasteiger partial charge in [0.05, 0.1) is 12.0 Å². The smallest absolute Gasteiger partial charge is 0.261 e. The highest BCUT2D eigenvalue weighted by Crippen LogP contribution is 2.23. The average Bonchev–Trinajstić information content (AvgIpc) is 2.85. The van der Waals surface area contributed by atoms with Gasteiger partial charge in [-0.15, -0.1) is 0 Å². The molecule has 1 N–H and O–H groups in total. The molecule has 0 bridgehead atoms. The van der Waals surface area contributed by atoms with Crippen molar-refractivity contribution in [3.05, 3.63) is 83.4 Å². The van der Waals surface area contributed by atoms with E-state index in [1.807, 2.05) is 43.0 Å². The molecule has 0 spiro atoms. The third-order valence-corrected chi connectivity index (χ3v) is 7.54. The van der Waals surface area contributed by atoms with E-state index in [1.54, 1.807) is 49.6 Å². The van der Waals surface area contributed by atoms with Crippen LogP contribution in [0.2, 0.25) is 0 Å². The highest BCUT2D eigenvalue weighted by molar-refractivity contribution is 7.92. The molecule has 4 rings (SSSR count). The van der Waals surface area contributed by atoms with Crippen molar-refractivity contribution >= 4 is 27.3 Å². The first-order valence-electron chi connectivity index (χ1n) is 11.2. The number of nitrogens with zero attached hydrogens (tertiary/aromatic N) is 2. The maximum atomic E-state index is 13.0. The van der Waals surface area contributed by atoms with Gasteiger partial charge in [-0.1, -0.05) is 12.1 Å². The Kier molecular flexibility index (Phi) is 6.79. The maximum absolute atomic E-state index is 13.0. The van der Waals surface area contributed by atoms with Crippen molar-refractivity contribution in [2.24, 2.45) is 0 Å². The lowest BCUT2D eigenvalue weighted by atomic mass is 10.1. The maximum Gasteiger partial charge on any atom is 0.261 e. The van der Waals surface area contributed by atoms with Crippen molar-refractivity contribution in [3.63, 3.8) is 0 Å². The van der Waals surface area contributed by atoms with Gasteiger partial charge in [0.15, 0.2) is 0 Å². The van der Waals surface area contributed by atoms with Crippen LogP contribution in [0.4, 0.5) is 11.4 Å². The summed E-state index contributed by atoms with van der Waals surface area (Å²) in [5, 5.41) is 0. The standard InChI is InChI=1S/C26H29N3O4S/c1-19-7-12-25(17-20(19)2)34(31,32)27-22-10-8-21(9-11-22)26(30)29-15-13-28(14-16-29)23-5-4-6-24(18-23)33-3/h4-12,17-18,27H,13-16H2,1-3H3. The summed E-state index contributed by atoms with van der Waals surface area (Å²) in [4.78, 5) is 17.2. The number of sulfonamides is 1. The Labute approximate surface area is 201 Å². The largest absolute Gasteiger partial charge is 0.497 e. The quantitative estimate of drug-likeness (QED) is 0.577. The van der Waals surface area contributed by atoms with Gasteiger partial charge in [0.2, 0.25) is 0 Å². The van der Waals surface area contributed by atoms with Crippen molar-refractivity contribution in [2.45, 2.75) is 18.7 Å². The summed E-state index contributed by atoms with van der Waals surface area (Å²) in [5.41, 5.74) is 3.97. The molecule has 3 aromatic carbocycles. The number of carbonyl (C=O) groups is 1. The van der Waals surface area contributed by atoms with Crippen LogP contribution in [0.1, 0.15) is 21.5 Å². The summed E-state index contributed by atoms with van der Waals surface area (Å²) < 4.78 is 33.3. The van der Waals surface area contributed by atoms with Crippen molar-refractivity contribution in [3.8, 4) is 5.75 Å². The third-order valence-electron chi connectivity index (χ3n) is 6.16. The van der Waals surface area contributed by atoms with Crippen molar-refractivity contribution in [2.75, 3.05) is 42.9 Å². The number of ether oxygens (including phenoxy) is 1. The summed E-state index contributed by atoms with van der Waals surface area (Å²) in [6, 6.07) is 19.5. The molecule has 0 unspecified atom stereocenters. The van der Waals surface area contributed by atoms with Crippen LogP contribution in [0.3, 0.4) is 0 Å². The van der Waals surface area contributed by atoms with Gasteiger partial charge in [-0.05, 0) is 73.5 Å². The number of hydrogen-bond donors (Lipinski definition) is 1. The Morgan fingerprint density at radius 1 is 0.882 bits per heavy atom. The van der Waals surface area contributed by atoms with E-state index in [4.69, 9.17) is 4.74 Å². The van der Waals surface area contributed by atoms with Crippen LogP contribution in [-0.2, 0) is 10.0 Å². The first-order valence-corrected chi connectivity index (χ1v) is 12.6. The minimum absolute atomic E-state index is 0.0612. The molecule has 3 aromatic rings. The van der Waals surface area contributed by atoms with Crippen LogP contribution in [0.15, 0.2) is 71.6 Å². The van der Waals surface area contributed by atoms with Crippen molar-refractivity contribution in [1.29, 1.82) is 0 Å². The molecule has 1 aliphatic rings. The number of benzene rings is 3. The lowest BCUT2D eigenvalue weighted by molar-refractivity contribution is 0.0747. The molecular formula is C26H29N3O4S. The van der Waals surface area contributed by atoms with E-state index < -0.39 is 10.0 Å². The fourth-order valence-electron chi connectivity index (χ4n) is 3.93. The predicted octanol–water partition coefficient (Wildman–Crippen LogP) is 4.08. The summed E-state index contributed by atoms with van der Waals surface area (Å²) in [6.07, 6.45) is 0. The number of amides is 1. The van der Waals surface area contributed by atoms with E-state index in [0.717, 1.165) is 35.7 Å². The number of piperazine rings is 1. The Morgan fingerprint density at radius 3 is 2.24 bits per heavy atom. The predicted molar refractivity (Wildman–Crippen MR) is 134 cm³/mol. The summed E-state index contributed by atoms with van der Waals surface area (Å²) in [7, 11) is -2.06. The monoisotopic (exact) mass is 479 g/mol. The van der Waals surface area contributed by atoms with Crippen molar-refractivity contribution in [1.82, 2.24) is 4.90 Å². The Hall–Kier alpha value is -3.52. The van der Waals surface area contributed by atoms with Crippen LogP contribution in [0.25, 0.3) is 0 Å². The summed E-state index contributed by atoms with van der Waals surface area (Å²) in [6.45, 7) is 6.49. The highest BCUT2D eigenvalue weighted by Gasteiger charge is 2.23. The molecular weight excluding hydrogens is 450 g/mol. The Balaban J connectivity index is 1.38. The van der Waals surface area contributed by atoms with Crippen LogP contribution in [0.5, 0.6) is 5.75 Å². The zero-order valence-corrected chi connectivity index (χ0v) is 20.4. The normalized spacial score (nSPS) is 14.1. The SMILES string of the molecule is COc1cccc(N2CCN(C(=O)c3ccc(NS(=O)(=O)c4ccc(C)c(C)c4)cc3)CC2)c1. The molecule has 1 saturated heterocycles. The fourth-order valence-corrected chi connectivity index (χ4v) is 5.08. The molecule has 1 fully saturated rings. The van der Waals surface area contributed by atoms with Gasteiger partial charge < -0.3 is 14.5 Å². The number of aryl methyl sites for hydroxylation is 2. The highest BCUT2D eigenvalue weighted by atomic mass is 32.2. The van der Waals surface area contributed by atoms with E-state index in [9.17, 15) is 13.2 Å². The van der Waals surface area contributed by atoms with Crippen LogP contribution in [-0.4, -0.2) is 52.5 Å². The molecule has 178 valence electrons. The molecule has 7 nitrogen and oxygen atoms in total. The number of hydrogen-bond acceptors (Lipinski definition) is 5. The second kappa shape index (κ2) is 9.77. The zero-order valence-electron chi connectivity index (χ0n) is 19.6. The van der Waals surface area contributed by atoms with E-state index in [1.165, 1.54) is 0 Å². The van der Waals surface area contributed by atoms with Crippen LogP contribution < -0.4 is 14.4 Å². The zero-order chi connectivity index (χ0) is 24.3. The van der Waals surface area contributed by atoms with Gasteiger partial charge in [0.1, 0.15) is 5.75 Å². The number of anilines is 2. The van der Waals surface area contributed by atoms with Gasteiger partial charge in [0, 0.05) is 49.2 Å². The van der Waals surface area contributed by atoms with Gasteiger partial charge in [-0.3, -0.25) is 9.52 Å². The molecule has 0 aliphatic carbocycles. The lowest BCUT2D eigenvalue weighted by Crippen LogP contribution is -2.48. The van der Waals surface area contributed by atoms with Gasteiger partial charge >= 0.3 is 0 Å². The molecule has 34 heavy (non-hydrogen) atoms. The fraction of sp³-hybridized carbons (Fsp3) is 0.269. The number of nitrogens with one attached hydrogen (secondary N) is 1. The second-order valence-electron chi connectivity index (χ2n) is 8.41. The number of rotatable bonds is 6. The average molecular weight is 480 g/mol. The third kappa shape index (κ3) is 5.17. The first kappa shape index (κ1) is 23.6. The first-order chi connectivity index (χ1) is 16.3. The molecule has 8 heteroatoms. The van der Waals surface area contributed by atoms with Gasteiger partial charge in [0.25, 0.3) is 15.9 Å². The van der Waals surface area contributed by atoms with E-state index in [-0.39, 0.29) is 10.8 Å². The topological polar surface area (TPSA) is 79.0 Å². The molecule has 0 radical (unpaired) electrons. The van der Waals surface area contributed by atoms with Crippen molar-refractivity contribution < 1.29 is 17.9 Å². The van der Waals surface area contributed by atoms with E-state index in [0.29, 0.717) is 24.3 Å². The Bertz CT molecular complexity index is 1280. The van der Waals surface area contributed by atoms with Crippen LogP contribution >= 0.6 is 0 Å². The number of carbonyl (C=O) groups excluding carboxylic acids is 1. The molecule has 0 saturated carbocycles. The van der Waals surface area contributed by atoms with E-state index in [2.05, 4.69) is 9.62 Å². The summed E-state index contributed by atoms with van der Waals surface area (Å²) >= 11 is 0. The molecule has 1 amide bonds. The van der Waals surface area contributed by atoms with Gasteiger partial charge in [-0.2, -0.15) is 0 Å². The Morgan fingerprint density at radius 2 is 1.59 bits per heavy atom. The van der Waals surface area contributed by atoms with Gasteiger partial charge in [-0.25, -0.2) is 8.42 Å². The van der Waals surface area contributed by atoms with Crippen LogP contribution in [0, 0.1) is 13.8 Å². The minimum Gasteiger partial charge on any atom is -0.497 e.